The van der Waals surface area contributed by atoms with Crippen LogP contribution in [0.3, 0.4) is 0 Å². The second-order valence-corrected chi connectivity index (χ2v) is 8.41. The number of carbonyl (C=O) groups excluding carboxylic acids is 1. The number of benzene rings is 2. The van der Waals surface area contributed by atoms with Crippen molar-refractivity contribution in [3.05, 3.63) is 63.7 Å². The number of amides is 1. The number of nitro groups is 1. The van der Waals surface area contributed by atoms with Crippen molar-refractivity contribution < 1.29 is 18.1 Å². The maximum atomic E-state index is 12.9. The number of fused-ring (bicyclic) bond motifs is 1. The summed E-state index contributed by atoms with van der Waals surface area (Å²) in [4.78, 5) is 25.0. The highest BCUT2D eigenvalue weighted by Gasteiger charge is 2.30. The molecule has 2 aromatic carbocycles. The van der Waals surface area contributed by atoms with Gasteiger partial charge in [-0.15, -0.1) is 0 Å². The first-order chi connectivity index (χ1) is 12.8. The zero-order valence-corrected chi connectivity index (χ0v) is 15.1. The van der Waals surface area contributed by atoms with Gasteiger partial charge in [-0.3, -0.25) is 14.9 Å². The molecule has 0 saturated heterocycles. The average molecular weight is 387 g/mol. The molecular weight excluding hydrogens is 370 g/mol. The first kappa shape index (κ1) is 17.6. The lowest BCUT2D eigenvalue weighted by molar-refractivity contribution is -0.384. The van der Waals surface area contributed by atoms with Gasteiger partial charge in [0.05, 0.1) is 15.5 Å². The van der Waals surface area contributed by atoms with E-state index in [4.69, 9.17) is 0 Å². The van der Waals surface area contributed by atoms with Gasteiger partial charge in [0.25, 0.3) is 11.6 Å². The Bertz CT molecular complexity index is 1050. The molecule has 1 heterocycles. The fraction of sp³-hybridized carbons (Fsp3) is 0.278. The van der Waals surface area contributed by atoms with Crippen molar-refractivity contribution in [2.45, 2.75) is 30.2 Å². The van der Waals surface area contributed by atoms with Gasteiger partial charge in [-0.2, -0.15) is 0 Å². The van der Waals surface area contributed by atoms with E-state index in [0.717, 1.165) is 18.4 Å². The molecular formula is C18H17N3O5S. The van der Waals surface area contributed by atoms with E-state index in [1.165, 1.54) is 35.2 Å². The number of non-ortho nitro benzene ring substituents is 1. The lowest BCUT2D eigenvalue weighted by Gasteiger charge is -2.17. The van der Waals surface area contributed by atoms with Crippen molar-refractivity contribution in [3.8, 4) is 0 Å². The Morgan fingerprint density at radius 2 is 1.96 bits per heavy atom. The Labute approximate surface area is 156 Å². The molecule has 1 aliphatic carbocycles. The number of hydrogen-bond donors (Lipinski definition) is 1. The van der Waals surface area contributed by atoms with Crippen molar-refractivity contribution in [3.63, 3.8) is 0 Å². The topological polar surface area (TPSA) is 110 Å². The molecule has 8 nitrogen and oxygen atoms in total. The van der Waals surface area contributed by atoms with Gasteiger partial charge in [-0.1, -0.05) is 12.1 Å². The smallest absolute Gasteiger partial charge is 0.271 e. The SMILES string of the molecule is O=C(c1cccc(S(=O)(=O)NC2CC2)c1)N1CCc2ccc([N+](=O)[O-])cc21. The summed E-state index contributed by atoms with van der Waals surface area (Å²) in [6.07, 6.45) is 2.24. The van der Waals surface area contributed by atoms with Gasteiger partial charge in [0.1, 0.15) is 0 Å². The Hall–Kier alpha value is -2.78. The van der Waals surface area contributed by atoms with E-state index in [1.54, 1.807) is 12.1 Å². The van der Waals surface area contributed by atoms with Crippen LogP contribution in [0.5, 0.6) is 0 Å². The Morgan fingerprint density at radius 3 is 2.67 bits per heavy atom. The minimum absolute atomic E-state index is 0.0274. The maximum Gasteiger partial charge on any atom is 0.271 e. The predicted octanol–water partition coefficient (Wildman–Crippen LogP) is 2.24. The fourth-order valence-electron chi connectivity index (χ4n) is 3.13. The van der Waals surface area contributed by atoms with Crippen molar-refractivity contribution >= 4 is 27.3 Å². The fourth-order valence-corrected chi connectivity index (χ4v) is 4.48. The third-order valence-electron chi connectivity index (χ3n) is 4.71. The van der Waals surface area contributed by atoms with Crippen LogP contribution in [0.1, 0.15) is 28.8 Å². The molecule has 1 amide bonds. The maximum absolute atomic E-state index is 12.9. The van der Waals surface area contributed by atoms with E-state index >= 15 is 0 Å². The number of nitrogens with one attached hydrogen (secondary N) is 1. The van der Waals surface area contributed by atoms with E-state index in [0.29, 0.717) is 18.7 Å². The second kappa shape index (κ2) is 6.43. The highest BCUT2D eigenvalue weighted by molar-refractivity contribution is 7.89. The Kier molecular flexibility index (Phi) is 4.20. The van der Waals surface area contributed by atoms with Crippen LogP contribution in [0.15, 0.2) is 47.4 Å². The lowest BCUT2D eigenvalue weighted by atomic mass is 10.1. The summed E-state index contributed by atoms with van der Waals surface area (Å²) in [7, 11) is -3.67. The van der Waals surface area contributed by atoms with Crippen molar-refractivity contribution in [1.82, 2.24) is 4.72 Å². The molecule has 1 fully saturated rings. The van der Waals surface area contributed by atoms with Crippen molar-refractivity contribution in [2.75, 3.05) is 11.4 Å². The highest BCUT2D eigenvalue weighted by atomic mass is 32.2. The molecule has 27 heavy (non-hydrogen) atoms. The summed E-state index contributed by atoms with van der Waals surface area (Å²) < 4.78 is 27.4. The molecule has 4 rings (SSSR count). The molecule has 2 aliphatic rings. The molecule has 1 N–H and O–H groups in total. The van der Waals surface area contributed by atoms with Gasteiger partial charge < -0.3 is 4.90 Å². The highest BCUT2D eigenvalue weighted by Crippen LogP contribution is 2.33. The molecule has 1 saturated carbocycles. The van der Waals surface area contributed by atoms with Crippen molar-refractivity contribution in [2.24, 2.45) is 0 Å². The molecule has 0 radical (unpaired) electrons. The number of anilines is 1. The number of nitrogens with zero attached hydrogens (tertiary/aromatic N) is 2. The zero-order chi connectivity index (χ0) is 19.2. The first-order valence-corrected chi connectivity index (χ1v) is 10.0. The van der Waals surface area contributed by atoms with Crippen LogP contribution >= 0.6 is 0 Å². The van der Waals surface area contributed by atoms with E-state index in [2.05, 4.69) is 4.72 Å². The molecule has 2 aromatic rings. The molecule has 0 unspecified atom stereocenters. The molecule has 1 aliphatic heterocycles. The van der Waals surface area contributed by atoms with Crippen LogP contribution in [0, 0.1) is 10.1 Å². The second-order valence-electron chi connectivity index (χ2n) is 6.70. The summed E-state index contributed by atoms with van der Waals surface area (Å²) in [6.45, 7) is 0.395. The van der Waals surface area contributed by atoms with Crippen molar-refractivity contribution in [1.29, 1.82) is 0 Å². The van der Waals surface area contributed by atoms with Gasteiger partial charge >= 0.3 is 0 Å². The van der Waals surface area contributed by atoms with Gasteiger partial charge in [-0.05, 0) is 43.0 Å². The molecule has 9 heteroatoms. The Morgan fingerprint density at radius 1 is 1.19 bits per heavy atom. The largest absolute Gasteiger partial charge is 0.307 e. The average Bonchev–Trinajstić information content (AvgIpc) is 3.35. The van der Waals surface area contributed by atoms with Gasteiger partial charge in [0.2, 0.25) is 10.0 Å². The van der Waals surface area contributed by atoms with Crippen LogP contribution in [-0.4, -0.2) is 31.8 Å². The molecule has 0 spiro atoms. The number of nitro benzene ring substituents is 1. The lowest BCUT2D eigenvalue weighted by Crippen LogP contribution is -2.30. The minimum atomic E-state index is -3.67. The zero-order valence-electron chi connectivity index (χ0n) is 14.3. The van der Waals surface area contributed by atoms with Gasteiger partial charge in [0.15, 0.2) is 0 Å². The Balaban J connectivity index is 1.64. The quantitative estimate of drug-likeness (QED) is 0.625. The van der Waals surface area contributed by atoms with E-state index in [9.17, 15) is 23.3 Å². The summed E-state index contributed by atoms with van der Waals surface area (Å²) in [6, 6.07) is 10.3. The monoisotopic (exact) mass is 387 g/mol. The summed E-state index contributed by atoms with van der Waals surface area (Å²) in [5.41, 5.74) is 1.50. The molecule has 0 bridgehead atoms. The van der Waals surface area contributed by atoms with Crippen LogP contribution in [0.2, 0.25) is 0 Å². The first-order valence-electron chi connectivity index (χ1n) is 8.57. The minimum Gasteiger partial charge on any atom is -0.307 e. The van der Waals surface area contributed by atoms with Crippen LogP contribution in [0.4, 0.5) is 11.4 Å². The van der Waals surface area contributed by atoms with Crippen LogP contribution < -0.4 is 9.62 Å². The number of rotatable bonds is 5. The number of carbonyl (C=O) groups is 1. The van der Waals surface area contributed by atoms with E-state index < -0.39 is 14.9 Å². The summed E-state index contributed by atoms with van der Waals surface area (Å²) in [5, 5.41) is 11.0. The van der Waals surface area contributed by atoms with Gasteiger partial charge in [0, 0.05) is 30.3 Å². The summed E-state index contributed by atoms with van der Waals surface area (Å²) in [5.74, 6) is -0.377. The number of sulfonamides is 1. The molecule has 0 atom stereocenters. The molecule has 0 aromatic heterocycles. The summed E-state index contributed by atoms with van der Waals surface area (Å²) >= 11 is 0. The predicted molar refractivity (Wildman–Crippen MR) is 98.3 cm³/mol. The third kappa shape index (κ3) is 3.43. The standard InChI is InChI=1S/C18H17N3O5S/c22-18(20-9-8-12-4-7-15(21(23)24)11-17(12)20)13-2-1-3-16(10-13)27(25,26)19-14-5-6-14/h1-4,7,10-11,14,19H,5-6,8-9H2. The molecule has 140 valence electrons. The van der Waals surface area contributed by atoms with Crippen LogP contribution in [-0.2, 0) is 16.4 Å². The van der Waals surface area contributed by atoms with Crippen LogP contribution in [0.25, 0.3) is 0 Å². The van der Waals surface area contributed by atoms with E-state index in [-0.39, 0.29) is 28.1 Å². The number of hydrogen-bond acceptors (Lipinski definition) is 5. The normalized spacial score (nSPS) is 16.2. The van der Waals surface area contributed by atoms with Gasteiger partial charge in [-0.25, -0.2) is 13.1 Å². The van der Waals surface area contributed by atoms with E-state index in [1.807, 2.05) is 0 Å². The third-order valence-corrected chi connectivity index (χ3v) is 6.23.